The van der Waals surface area contributed by atoms with Gasteiger partial charge in [-0.15, -0.1) is 21.5 Å². The van der Waals surface area contributed by atoms with Crippen LogP contribution < -0.4 is 5.32 Å². The summed E-state index contributed by atoms with van der Waals surface area (Å²) in [4.78, 5) is 20.3. The van der Waals surface area contributed by atoms with E-state index in [-0.39, 0.29) is 11.9 Å². The number of hydrogen-bond acceptors (Lipinski definition) is 7. The lowest BCUT2D eigenvalue weighted by molar-refractivity contribution is -0.122. The number of hydrogen-bond donors (Lipinski definition) is 1. The van der Waals surface area contributed by atoms with Gasteiger partial charge in [0.15, 0.2) is 5.82 Å². The highest BCUT2D eigenvalue weighted by molar-refractivity contribution is 7.15. The van der Waals surface area contributed by atoms with Crippen LogP contribution >= 0.6 is 11.3 Å². The average molecular weight is 441 g/mol. The molecular formula is C22H28N6O2S. The minimum Gasteiger partial charge on any atom is -0.384 e. The Labute approximate surface area is 186 Å². The van der Waals surface area contributed by atoms with Crippen LogP contribution in [-0.4, -0.2) is 57.4 Å². The lowest BCUT2D eigenvalue weighted by atomic mass is 10.2. The normalized spacial score (nSPS) is 15.3. The topological polar surface area (TPSA) is 85.2 Å². The van der Waals surface area contributed by atoms with E-state index in [1.807, 2.05) is 31.3 Å². The fourth-order valence-corrected chi connectivity index (χ4v) is 4.72. The van der Waals surface area contributed by atoms with E-state index in [0.29, 0.717) is 13.0 Å². The molecule has 0 fully saturated rings. The van der Waals surface area contributed by atoms with E-state index in [1.54, 1.807) is 18.4 Å². The SMILES string of the molecule is COCCC(=O)N[C@@H](C)c1nnc2n1CCN(Cc1cnc(-c3ccccc3)s1)CC2. The number of benzene rings is 1. The first-order valence-electron chi connectivity index (χ1n) is 10.6. The molecule has 0 unspecified atom stereocenters. The molecule has 0 radical (unpaired) electrons. The van der Waals surface area contributed by atoms with Crippen molar-refractivity contribution < 1.29 is 9.53 Å². The minimum absolute atomic E-state index is 0.0404. The molecule has 1 amide bonds. The van der Waals surface area contributed by atoms with Crippen molar-refractivity contribution in [2.45, 2.75) is 38.9 Å². The summed E-state index contributed by atoms with van der Waals surface area (Å²) in [5.74, 6) is 1.75. The molecular weight excluding hydrogens is 412 g/mol. The summed E-state index contributed by atoms with van der Waals surface area (Å²) in [5, 5.41) is 12.8. The third-order valence-corrected chi connectivity index (χ3v) is 6.43. The molecule has 3 aromatic rings. The first-order valence-corrected chi connectivity index (χ1v) is 11.4. The van der Waals surface area contributed by atoms with Crippen LogP contribution in [0.1, 0.15) is 35.9 Å². The Morgan fingerprint density at radius 2 is 2.06 bits per heavy atom. The largest absolute Gasteiger partial charge is 0.384 e. The fourth-order valence-electron chi connectivity index (χ4n) is 3.76. The second kappa shape index (κ2) is 10.1. The van der Waals surface area contributed by atoms with E-state index in [4.69, 9.17) is 4.74 Å². The second-order valence-electron chi connectivity index (χ2n) is 7.68. The Balaban J connectivity index is 1.37. The van der Waals surface area contributed by atoms with Crippen LogP contribution in [0.3, 0.4) is 0 Å². The predicted octanol–water partition coefficient (Wildman–Crippen LogP) is 2.67. The highest BCUT2D eigenvalue weighted by Gasteiger charge is 2.23. The van der Waals surface area contributed by atoms with Gasteiger partial charge >= 0.3 is 0 Å². The Hall–Kier alpha value is -2.62. The number of rotatable bonds is 8. The van der Waals surface area contributed by atoms with E-state index >= 15 is 0 Å². The summed E-state index contributed by atoms with van der Waals surface area (Å²) in [6, 6.07) is 10.1. The van der Waals surface area contributed by atoms with Gasteiger partial charge in [0.2, 0.25) is 5.91 Å². The van der Waals surface area contributed by atoms with Gasteiger partial charge in [-0.05, 0) is 6.92 Å². The number of carbonyl (C=O) groups excluding carboxylic acids is 1. The van der Waals surface area contributed by atoms with Crippen LogP contribution in [0.15, 0.2) is 36.5 Å². The molecule has 0 aliphatic carbocycles. The summed E-state index contributed by atoms with van der Waals surface area (Å²) in [6.07, 6.45) is 3.16. The molecule has 31 heavy (non-hydrogen) atoms. The van der Waals surface area contributed by atoms with Gasteiger partial charge in [-0.25, -0.2) is 4.98 Å². The van der Waals surface area contributed by atoms with Crippen LogP contribution in [0.4, 0.5) is 0 Å². The third kappa shape index (κ3) is 5.36. The van der Waals surface area contributed by atoms with Crippen molar-refractivity contribution in [2.75, 3.05) is 26.8 Å². The van der Waals surface area contributed by atoms with Crippen LogP contribution in [0.5, 0.6) is 0 Å². The highest BCUT2D eigenvalue weighted by atomic mass is 32.1. The summed E-state index contributed by atoms with van der Waals surface area (Å²) in [7, 11) is 1.59. The maximum atomic E-state index is 12.0. The Bertz CT molecular complexity index is 1000. The number of amides is 1. The Kier molecular flexibility index (Phi) is 7.06. The average Bonchev–Trinajstić information content (AvgIpc) is 3.37. The monoisotopic (exact) mass is 440 g/mol. The van der Waals surface area contributed by atoms with E-state index in [2.05, 4.69) is 42.1 Å². The van der Waals surface area contributed by atoms with Crippen molar-refractivity contribution in [3.8, 4) is 10.6 Å². The minimum atomic E-state index is -0.188. The van der Waals surface area contributed by atoms with Crippen molar-refractivity contribution in [1.82, 2.24) is 30.0 Å². The second-order valence-corrected chi connectivity index (χ2v) is 8.80. The van der Waals surface area contributed by atoms with Crippen LogP contribution in [0.25, 0.3) is 10.6 Å². The molecule has 1 aliphatic heterocycles. The molecule has 164 valence electrons. The standard InChI is InChI=1S/C22H28N6O2S/c1-16(24-20(29)9-13-30-2)21-26-25-19-8-10-27(11-12-28(19)21)15-18-14-23-22(31-18)17-6-4-3-5-7-17/h3-7,14,16H,8-13,15H2,1-2H3,(H,24,29)/t16-/m0/s1. The van der Waals surface area contributed by atoms with Crippen molar-refractivity contribution in [3.05, 3.63) is 53.1 Å². The molecule has 9 heteroatoms. The van der Waals surface area contributed by atoms with Crippen LogP contribution in [0.2, 0.25) is 0 Å². The number of aromatic nitrogens is 4. The number of ether oxygens (including phenoxy) is 1. The molecule has 0 spiro atoms. The molecule has 2 aromatic heterocycles. The highest BCUT2D eigenvalue weighted by Crippen LogP contribution is 2.26. The predicted molar refractivity (Wildman–Crippen MR) is 120 cm³/mol. The van der Waals surface area contributed by atoms with Gasteiger partial charge < -0.3 is 14.6 Å². The lowest BCUT2D eigenvalue weighted by Crippen LogP contribution is -2.30. The maximum absolute atomic E-state index is 12.0. The first-order chi connectivity index (χ1) is 15.1. The van der Waals surface area contributed by atoms with E-state index in [0.717, 1.165) is 54.8 Å². The zero-order valence-electron chi connectivity index (χ0n) is 18.0. The van der Waals surface area contributed by atoms with Crippen molar-refractivity contribution in [1.29, 1.82) is 0 Å². The summed E-state index contributed by atoms with van der Waals surface area (Å²) in [5.41, 5.74) is 1.16. The zero-order valence-corrected chi connectivity index (χ0v) is 18.8. The molecule has 0 saturated carbocycles. The summed E-state index contributed by atoms with van der Waals surface area (Å²) >= 11 is 1.75. The van der Waals surface area contributed by atoms with Crippen molar-refractivity contribution in [2.24, 2.45) is 0 Å². The third-order valence-electron chi connectivity index (χ3n) is 5.40. The smallest absolute Gasteiger partial charge is 0.222 e. The lowest BCUT2D eigenvalue weighted by Gasteiger charge is -2.19. The number of nitrogens with zero attached hydrogens (tertiary/aromatic N) is 5. The molecule has 1 N–H and O–H groups in total. The van der Waals surface area contributed by atoms with Crippen LogP contribution in [0, 0.1) is 0 Å². The molecule has 1 atom stereocenters. The van der Waals surface area contributed by atoms with Gasteiger partial charge in [-0.3, -0.25) is 9.69 Å². The fraction of sp³-hybridized carbons (Fsp3) is 0.455. The molecule has 8 nitrogen and oxygen atoms in total. The van der Waals surface area contributed by atoms with Gasteiger partial charge in [-0.1, -0.05) is 30.3 Å². The van der Waals surface area contributed by atoms with E-state index in [9.17, 15) is 4.79 Å². The van der Waals surface area contributed by atoms with E-state index < -0.39 is 0 Å². The molecule has 0 bridgehead atoms. The summed E-state index contributed by atoms with van der Waals surface area (Å²) < 4.78 is 7.13. The van der Waals surface area contributed by atoms with Crippen molar-refractivity contribution >= 4 is 17.2 Å². The van der Waals surface area contributed by atoms with Crippen molar-refractivity contribution in [3.63, 3.8) is 0 Å². The number of fused-ring (bicyclic) bond motifs is 1. The Morgan fingerprint density at radius 1 is 1.23 bits per heavy atom. The van der Waals surface area contributed by atoms with Gasteiger partial charge in [0.1, 0.15) is 10.8 Å². The number of carbonyl (C=O) groups is 1. The first kappa shape index (κ1) is 21.6. The molecule has 3 heterocycles. The van der Waals surface area contributed by atoms with Gasteiger partial charge in [-0.2, -0.15) is 0 Å². The zero-order chi connectivity index (χ0) is 21.6. The molecule has 1 aromatic carbocycles. The Morgan fingerprint density at radius 3 is 2.87 bits per heavy atom. The maximum Gasteiger partial charge on any atom is 0.222 e. The van der Waals surface area contributed by atoms with Crippen LogP contribution in [-0.2, 0) is 29.0 Å². The van der Waals surface area contributed by atoms with E-state index in [1.165, 1.54) is 4.88 Å². The number of methoxy groups -OCH3 is 1. The number of thiazole rings is 1. The molecule has 4 rings (SSSR count). The molecule has 0 saturated heterocycles. The number of nitrogens with one attached hydrogen (secondary N) is 1. The quantitative estimate of drug-likeness (QED) is 0.580. The van der Waals surface area contributed by atoms with Gasteiger partial charge in [0.25, 0.3) is 0 Å². The van der Waals surface area contributed by atoms with Gasteiger partial charge in [0.05, 0.1) is 12.6 Å². The summed E-state index contributed by atoms with van der Waals surface area (Å²) in [6.45, 7) is 5.87. The van der Waals surface area contributed by atoms with Gasteiger partial charge in [0, 0.05) is 62.8 Å². The molecule has 1 aliphatic rings.